The molecule has 0 saturated carbocycles. The van der Waals surface area contributed by atoms with E-state index in [9.17, 15) is 9.00 Å². The molecule has 2 heterocycles. The molecule has 0 radical (unpaired) electrons. The lowest BCUT2D eigenvalue weighted by molar-refractivity contribution is 0.320. The Hall–Kier alpha value is -2.44. The third kappa shape index (κ3) is 4.14. The number of benzene rings is 2. The number of fused-ring (bicyclic) bond motifs is 1. The molecular formula is C23H27N3O2S. The number of aromatic nitrogens is 2. The molecule has 1 aliphatic heterocycles. The zero-order valence-electron chi connectivity index (χ0n) is 16.9. The lowest BCUT2D eigenvalue weighted by Gasteiger charge is -2.33. The zero-order valence-corrected chi connectivity index (χ0v) is 17.7. The summed E-state index contributed by atoms with van der Waals surface area (Å²) >= 11 is 0. The lowest BCUT2D eigenvalue weighted by atomic mass is 9.91. The largest absolute Gasteiger partial charge is 0.328 e. The smallest absolute Gasteiger partial charge is 0.299 e. The summed E-state index contributed by atoms with van der Waals surface area (Å²) in [4.78, 5) is 13.0. The predicted octanol–water partition coefficient (Wildman–Crippen LogP) is 3.32. The minimum absolute atomic E-state index is 0.000814. The summed E-state index contributed by atoms with van der Waals surface area (Å²) in [6.07, 6.45) is 6.04. The molecule has 5 nitrogen and oxygen atoms in total. The molecule has 1 N–H and O–H groups in total. The van der Waals surface area contributed by atoms with Crippen LogP contribution in [0, 0.1) is 0 Å². The Morgan fingerprint density at radius 1 is 1.10 bits per heavy atom. The van der Waals surface area contributed by atoms with Gasteiger partial charge in [-0.1, -0.05) is 54.6 Å². The van der Waals surface area contributed by atoms with E-state index >= 15 is 0 Å². The van der Waals surface area contributed by atoms with Crippen molar-refractivity contribution in [3.63, 3.8) is 0 Å². The van der Waals surface area contributed by atoms with Crippen LogP contribution in [0.1, 0.15) is 30.6 Å². The predicted molar refractivity (Wildman–Crippen MR) is 118 cm³/mol. The fraction of sp³-hybridized carbons (Fsp3) is 0.348. The number of hydrogen-bond acceptors (Lipinski definition) is 2. The van der Waals surface area contributed by atoms with Gasteiger partial charge in [-0.3, -0.25) is 9.13 Å². The molecule has 3 unspecified atom stereocenters. The number of imidazole rings is 1. The van der Waals surface area contributed by atoms with E-state index in [2.05, 4.69) is 41.1 Å². The molecule has 0 amide bonds. The Balaban J connectivity index is 1.71. The van der Waals surface area contributed by atoms with Crippen molar-refractivity contribution in [2.75, 3.05) is 6.26 Å². The van der Waals surface area contributed by atoms with Gasteiger partial charge in [-0.05, 0) is 42.9 Å². The van der Waals surface area contributed by atoms with Crippen molar-refractivity contribution in [3.05, 3.63) is 82.5 Å². The molecule has 0 fully saturated rings. The number of rotatable bonds is 6. The van der Waals surface area contributed by atoms with E-state index in [0.29, 0.717) is 6.54 Å². The summed E-state index contributed by atoms with van der Waals surface area (Å²) in [5.74, 6) is 0. The van der Waals surface area contributed by atoms with E-state index in [1.165, 1.54) is 16.7 Å². The molecule has 4 rings (SSSR count). The van der Waals surface area contributed by atoms with Crippen LogP contribution in [0.5, 0.6) is 0 Å². The summed E-state index contributed by atoms with van der Waals surface area (Å²) in [6.45, 7) is 2.65. The van der Waals surface area contributed by atoms with Gasteiger partial charge in [-0.2, -0.15) is 0 Å². The van der Waals surface area contributed by atoms with E-state index in [-0.39, 0.29) is 17.8 Å². The molecule has 6 heteroatoms. The molecule has 3 aromatic rings. The van der Waals surface area contributed by atoms with Crippen LogP contribution < -0.4 is 10.4 Å². The molecule has 152 valence electrons. The highest BCUT2D eigenvalue weighted by Crippen LogP contribution is 2.29. The van der Waals surface area contributed by atoms with Crippen molar-refractivity contribution in [2.24, 2.45) is 0 Å². The van der Waals surface area contributed by atoms with Gasteiger partial charge in [-0.15, -0.1) is 0 Å². The topological polar surface area (TPSA) is 56.0 Å². The highest BCUT2D eigenvalue weighted by atomic mass is 32.2. The van der Waals surface area contributed by atoms with Gasteiger partial charge in [0.1, 0.15) is 0 Å². The highest BCUT2D eigenvalue weighted by Gasteiger charge is 2.32. The summed E-state index contributed by atoms with van der Waals surface area (Å²) < 4.78 is 18.8. The Kier molecular flexibility index (Phi) is 5.83. The Bertz CT molecular complexity index is 1070. The minimum atomic E-state index is -1.13. The van der Waals surface area contributed by atoms with Gasteiger partial charge in [0.25, 0.3) is 0 Å². The fourth-order valence-corrected chi connectivity index (χ4v) is 5.04. The van der Waals surface area contributed by atoms with E-state index in [1.807, 2.05) is 35.9 Å². The number of aryl methyl sites for hydroxylation is 2. The van der Waals surface area contributed by atoms with E-state index in [1.54, 1.807) is 10.8 Å². The van der Waals surface area contributed by atoms with Crippen LogP contribution in [-0.4, -0.2) is 25.6 Å². The van der Waals surface area contributed by atoms with Crippen molar-refractivity contribution >= 4 is 11.0 Å². The quantitative estimate of drug-likeness (QED) is 0.679. The number of nitrogens with one attached hydrogen (secondary N) is 1. The third-order valence-corrected chi connectivity index (χ3v) is 6.35. The average molecular weight is 410 g/mol. The molecule has 0 saturated heterocycles. The first kappa shape index (κ1) is 19.9. The molecular weight excluding hydrogens is 382 g/mol. The van der Waals surface area contributed by atoms with Crippen LogP contribution in [-0.2, 0) is 30.4 Å². The van der Waals surface area contributed by atoms with Crippen molar-refractivity contribution in [3.8, 4) is 11.1 Å². The van der Waals surface area contributed by atoms with Gasteiger partial charge in [-0.25, -0.2) is 13.7 Å². The maximum atomic E-state index is 13.0. The van der Waals surface area contributed by atoms with Gasteiger partial charge < -0.3 is 0 Å². The van der Waals surface area contributed by atoms with Crippen molar-refractivity contribution in [1.29, 1.82) is 0 Å². The maximum absolute atomic E-state index is 13.0. The molecule has 2 aromatic carbocycles. The van der Waals surface area contributed by atoms with E-state index < -0.39 is 11.0 Å². The standard InChI is InChI=1S/C23H27N3O2S/c1-3-25-16-20-12-13-21(24-29(2)28)22(26(20)23(25)27)15-17-8-7-11-19(14-17)18-9-5-4-6-10-18/h4-11,14,16,21-22,24H,3,12-13,15H2,1-2H3. The summed E-state index contributed by atoms with van der Waals surface area (Å²) in [5.41, 5.74) is 4.62. The first-order valence-electron chi connectivity index (χ1n) is 10.1. The molecule has 0 spiro atoms. The van der Waals surface area contributed by atoms with E-state index in [0.717, 1.165) is 25.0 Å². The summed E-state index contributed by atoms with van der Waals surface area (Å²) in [6, 6.07) is 18.7. The zero-order chi connectivity index (χ0) is 20.4. The average Bonchev–Trinajstić information content (AvgIpc) is 3.06. The molecule has 0 bridgehead atoms. The van der Waals surface area contributed by atoms with Crippen LogP contribution in [0.25, 0.3) is 11.1 Å². The van der Waals surface area contributed by atoms with Crippen LogP contribution in [0.2, 0.25) is 0 Å². The maximum Gasteiger partial charge on any atom is 0.328 e. The Labute approximate surface area is 174 Å². The van der Waals surface area contributed by atoms with Gasteiger partial charge in [0.05, 0.1) is 17.0 Å². The minimum Gasteiger partial charge on any atom is -0.299 e. The van der Waals surface area contributed by atoms with Crippen LogP contribution >= 0.6 is 0 Å². The second-order valence-electron chi connectivity index (χ2n) is 7.61. The number of hydrogen-bond donors (Lipinski definition) is 1. The molecule has 29 heavy (non-hydrogen) atoms. The van der Waals surface area contributed by atoms with Gasteiger partial charge in [0, 0.05) is 30.7 Å². The fourth-order valence-electron chi connectivity index (χ4n) is 4.33. The normalized spacial score (nSPS) is 19.7. The number of nitrogens with zero attached hydrogens (tertiary/aromatic N) is 2. The second-order valence-corrected chi connectivity index (χ2v) is 8.76. The SMILES string of the molecule is CCn1cc2n(c1=O)C(Cc1cccc(-c3ccccc3)c1)C(NS(C)=O)CC2. The molecule has 3 atom stereocenters. The van der Waals surface area contributed by atoms with Gasteiger partial charge in [0.15, 0.2) is 0 Å². The first-order chi connectivity index (χ1) is 14.1. The van der Waals surface area contributed by atoms with E-state index in [4.69, 9.17) is 0 Å². The Morgan fingerprint density at radius 3 is 2.59 bits per heavy atom. The third-order valence-electron chi connectivity index (χ3n) is 5.71. The molecule has 0 aliphatic carbocycles. The van der Waals surface area contributed by atoms with Crippen LogP contribution in [0.15, 0.2) is 65.6 Å². The van der Waals surface area contributed by atoms with Crippen LogP contribution in [0.3, 0.4) is 0 Å². The first-order valence-corrected chi connectivity index (χ1v) is 11.7. The summed E-state index contributed by atoms with van der Waals surface area (Å²) in [7, 11) is -1.13. The van der Waals surface area contributed by atoms with Crippen molar-refractivity contribution < 1.29 is 4.21 Å². The van der Waals surface area contributed by atoms with Crippen LogP contribution in [0.4, 0.5) is 0 Å². The molecule has 1 aliphatic rings. The second kappa shape index (κ2) is 8.51. The lowest BCUT2D eigenvalue weighted by Crippen LogP contribution is -2.46. The Morgan fingerprint density at radius 2 is 1.86 bits per heavy atom. The van der Waals surface area contributed by atoms with Gasteiger partial charge in [0.2, 0.25) is 0 Å². The monoisotopic (exact) mass is 409 g/mol. The van der Waals surface area contributed by atoms with Gasteiger partial charge >= 0.3 is 5.69 Å². The van der Waals surface area contributed by atoms with Crippen molar-refractivity contribution in [2.45, 2.75) is 44.8 Å². The summed E-state index contributed by atoms with van der Waals surface area (Å²) in [5, 5.41) is 0. The molecule has 1 aromatic heterocycles. The highest BCUT2D eigenvalue weighted by molar-refractivity contribution is 7.82. The van der Waals surface area contributed by atoms with Crippen molar-refractivity contribution in [1.82, 2.24) is 13.9 Å².